The van der Waals surface area contributed by atoms with E-state index < -0.39 is 29.6 Å². The molecular formula is C13H15F2NO3. The first-order valence-corrected chi connectivity index (χ1v) is 5.70. The monoisotopic (exact) mass is 271 g/mol. The van der Waals surface area contributed by atoms with Crippen LogP contribution in [0.2, 0.25) is 0 Å². The number of ether oxygens (including phenoxy) is 1. The summed E-state index contributed by atoms with van der Waals surface area (Å²) in [5, 5.41) is 2.43. The summed E-state index contributed by atoms with van der Waals surface area (Å²) in [4.78, 5) is 23.3. The Bertz CT molecular complexity index is 489. The van der Waals surface area contributed by atoms with E-state index in [4.69, 9.17) is 0 Å². The fraction of sp³-hybridized carbons (Fsp3) is 0.385. The summed E-state index contributed by atoms with van der Waals surface area (Å²) in [6.07, 6.45) is 0. The summed E-state index contributed by atoms with van der Waals surface area (Å²) in [7, 11) is 1.21. The van der Waals surface area contributed by atoms with E-state index in [-0.39, 0.29) is 11.5 Å². The van der Waals surface area contributed by atoms with Crippen LogP contribution in [-0.4, -0.2) is 25.0 Å². The van der Waals surface area contributed by atoms with Crippen molar-refractivity contribution < 1.29 is 23.1 Å². The third-order valence-corrected chi connectivity index (χ3v) is 2.59. The molecule has 6 heteroatoms. The van der Waals surface area contributed by atoms with Crippen molar-refractivity contribution in [1.29, 1.82) is 0 Å². The molecule has 0 aliphatic rings. The Kier molecular flexibility index (Phi) is 4.97. The Hall–Kier alpha value is -1.98. The lowest BCUT2D eigenvalue weighted by Crippen LogP contribution is -2.45. The number of carbonyl (C=O) groups excluding carboxylic acids is 2. The third kappa shape index (κ3) is 3.74. The van der Waals surface area contributed by atoms with Crippen LogP contribution in [0.15, 0.2) is 18.2 Å². The zero-order valence-electron chi connectivity index (χ0n) is 10.9. The third-order valence-electron chi connectivity index (χ3n) is 2.59. The van der Waals surface area contributed by atoms with E-state index in [0.717, 1.165) is 18.2 Å². The van der Waals surface area contributed by atoms with Crippen molar-refractivity contribution in [2.24, 2.45) is 5.92 Å². The van der Waals surface area contributed by atoms with E-state index in [1.165, 1.54) is 7.11 Å². The predicted octanol–water partition coefficient (Wildman–Crippen LogP) is 1.89. The van der Waals surface area contributed by atoms with Gasteiger partial charge in [0.1, 0.15) is 6.04 Å². The van der Waals surface area contributed by atoms with E-state index in [1.54, 1.807) is 13.8 Å². The summed E-state index contributed by atoms with van der Waals surface area (Å²) in [6.45, 7) is 3.46. The minimum Gasteiger partial charge on any atom is -0.467 e. The van der Waals surface area contributed by atoms with Gasteiger partial charge in [-0.15, -0.1) is 0 Å². The van der Waals surface area contributed by atoms with Crippen molar-refractivity contribution in [3.05, 3.63) is 35.4 Å². The predicted molar refractivity (Wildman–Crippen MR) is 64.5 cm³/mol. The lowest BCUT2D eigenvalue weighted by Gasteiger charge is -2.19. The van der Waals surface area contributed by atoms with Crippen molar-refractivity contribution in [2.75, 3.05) is 7.11 Å². The molecule has 19 heavy (non-hydrogen) atoms. The maximum absolute atomic E-state index is 13.0. The van der Waals surface area contributed by atoms with Gasteiger partial charge in [-0.3, -0.25) is 4.79 Å². The maximum atomic E-state index is 13.0. The summed E-state index contributed by atoms with van der Waals surface area (Å²) >= 11 is 0. The molecule has 1 amide bonds. The average molecular weight is 271 g/mol. The van der Waals surface area contributed by atoms with Crippen LogP contribution < -0.4 is 5.32 Å². The van der Waals surface area contributed by atoms with Crippen molar-refractivity contribution >= 4 is 11.9 Å². The molecule has 0 spiro atoms. The molecule has 0 fully saturated rings. The van der Waals surface area contributed by atoms with Gasteiger partial charge in [0, 0.05) is 5.56 Å². The van der Waals surface area contributed by atoms with Gasteiger partial charge in [-0.1, -0.05) is 13.8 Å². The molecule has 0 bridgehead atoms. The molecule has 0 aliphatic heterocycles. The first-order chi connectivity index (χ1) is 8.86. The fourth-order valence-corrected chi connectivity index (χ4v) is 1.49. The second-order valence-electron chi connectivity index (χ2n) is 4.35. The summed E-state index contributed by atoms with van der Waals surface area (Å²) in [6, 6.07) is 1.93. The van der Waals surface area contributed by atoms with Crippen molar-refractivity contribution in [1.82, 2.24) is 5.32 Å². The minimum atomic E-state index is -1.12. The molecule has 0 heterocycles. The molecule has 1 aromatic carbocycles. The van der Waals surface area contributed by atoms with Gasteiger partial charge in [-0.25, -0.2) is 13.6 Å². The number of benzene rings is 1. The molecule has 0 radical (unpaired) electrons. The first kappa shape index (κ1) is 15.1. The number of halogens is 2. The lowest BCUT2D eigenvalue weighted by molar-refractivity contribution is -0.144. The Morgan fingerprint density at radius 1 is 1.21 bits per heavy atom. The van der Waals surface area contributed by atoms with E-state index in [1.807, 2.05) is 0 Å². The van der Waals surface area contributed by atoms with Gasteiger partial charge >= 0.3 is 5.97 Å². The fourth-order valence-electron chi connectivity index (χ4n) is 1.49. The zero-order chi connectivity index (χ0) is 14.6. The number of nitrogens with one attached hydrogen (secondary N) is 1. The topological polar surface area (TPSA) is 55.4 Å². The molecule has 104 valence electrons. The minimum absolute atomic E-state index is 0.0616. The SMILES string of the molecule is COC(=O)C(NC(=O)c1ccc(F)c(F)c1)C(C)C. The van der Waals surface area contributed by atoms with Crippen LogP contribution in [0.3, 0.4) is 0 Å². The average Bonchev–Trinajstić information content (AvgIpc) is 2.37. The quantitative estimate of drug-likeness (QED) is 0.851. The summed E-state index contributed by atoms with van der Waals surface area (Å²) in [5.41, 5.74) is -0.0616. The van der Waals surface area contributed by atoms with Crippen molar-refractivity contribution in [2.45, 2.75) is 19.9 Å². The standard InChI is InChI=1S/C13H15F2NO3/c1-7(2)11(13(18)19-3)16-12(17)8-4-5-9(14)10(15)6-8/h4-7,11H,1-3H3,(H,16,17). The highest BCUT2D eigenvalue weighted by atomic mass is 19.2. The van der Waals surface area contributed by atoms with Crippen LogP contribution in [0.4, 0.5) is 8.78 Å². The van der Waals surface area contributed by atoms with E-state index in [0.29, 0.717) is 0 Å². The molecule has 4 nitrogen and oxygen atoms in total. The Balaban J connectivity index is 2.87. The first-order valence-electron chi connectivity index (χ1n) is 5.70. The highest BCUT2D eigenvalue weighted by molar-refractivity contribution is 5.96. The molecule has 0 aromatic heterocycles. The van der Waals surface area contributed by atoms with Gasteiger partial charge in [0.05, 0.1) is 7.11 Å². The highest BCUT2D eigenvalue weighted by Gasteiger charge is 2.25. The number of esters is 1. The maximum Gasteiger partial charge on any atom is 0.328 e. The van der Waals surface area contributed by atoms with Crippen LogP contribution >= 0.6 is 0 Å². The Labute approximate surface area is 109 Å². The zero-order valence-corrected chi connectivity index (χ0v) is 10.9. The molecule has 1 aromatic rings. The van der Waals surface area contributed by atoms with Gasteiger partial charge in [0.15, 0.2) is 11.6 Å². The Morgan fingerprint density at radius 3 is 2.32 bits per heavy atom. The van der Waals surface area contributed by atoms with E-state index >= 15 is 0 Å². The normalized spacial score (nSPS) is 12.1. The number of amides is 1. The molecule has 0 saturated carbocycles. The second-order valence-corrected chi connectivity index (χ2v) is 4.35. The second kappa shape index (κ2) is 6.26. The van der Waals surface area contributed by atoms with Crippen LogP contribution in [0, 0.1) is 17.6 Å². The van der Waals surface area contributed by atoms with Gasteiger partial charge in [-0.05, 0) is 24.1 Å². The molecule has 1 rings (SSSR count). The van der Waals surface area contributed by atoms with Crippen molar-refractivity contribution in [3.8, 4) is 0 Å². The lowest BCUT2D eigenvalue weighted by atomic mass is 10.0. The van der Waals surface area contributed by atoms with Gasteiger partial charge < -0.3 is 10.1 Å². The molecule has 0 aliphatic carbocycles. The number of rotatable bonds is 4. The summed E-state index contributed by atoms with van der Waals surface area (Å²) < 4.78 is 30.3. The number of hydrogen-bond acceptors (Lipinski definition) is 3. The van der Waals surface area contributed by atoms with Crippen LogP contribution in [-0.2, 0) is 9.53 Å². The number of carbonyl (C=O) groups is 2. The molecule has 1 atom stereocenters. The van der Waals surface area contributed by atoms with E-state index in [9.17, 15) is 18.4 Å². The summed E-state index contributed by atoms with van der Waals surface area (Å²) in [5.74, 6) is -3.60. The van der Waals surface area contributed by atoms with Crippen molar-refractivity contribution in [3.63, 3.8) is 0 Å². The van der Waals surface area contributed by atoms with Crippen LogP contribution in [0.5, 0.6) is 0 Å². The smallest absolute Gasteiger partial charge is 0.328 e. The van der Waals surface area contributed by atoms with Gasteiger partial charge in [0.25, 0.3) is 5.91 Å². The highest BCUT2D eigenvalue weighted by Crippen LogP contribution is 2.10. The number of hydrogen-bond donors (Lipinski definition) is 1. The Morgan fingerprint density at radius 2 is 1.84 bits per heavy atom. The van der Waals surface area contributed by atoms with Crippen LogP contribution in [0.1, 0.15) is 24.2 Å². The van der Waals surface area contributed by atoms with Crippen LogP contribution in [0.25, 0.3) is 0 Å². The molecular weight excluding hydrogens is 256 g/mol. The van der Waals surface area contributed by atoms with E-state index in [2.05, 4.69) is 10.1 Å². The molecule has 1 unspecified atom stereocenters. The molecule has 0 saturated heterocycles. The molecule has 1 N–H and O–H groups in total. The van der Waals surface area contributed by atoms with Gasteiger partial charge in [-0.2, -0.15) is 0 Å². The van der Waals surface area contributed by atoms with Gasteiger partial charge in [0.2, 0.25) is 0 Å². The largest absolute Gasteiger partial charge is 0.467 e. The number of methoxy groups -OCH3 is 1.